The largest absolute Gasteiger partial charge is 0.390 e. The molecule has 0 atom stereocenters. The highest BCUT2D eigenvalue weighted by Gasteiger charge is 2.12. The van der Waals surface area contributed by atoms with E-state index in [-0.39, 0.29) is 0 Å². The van der Waals surface area contributed by atoms with Gasteiger partial charge >= 0.3 is 0 Å². The second kappa shape index (κ2) is 4.81. The van der Waals surface area contributed by atoms with Gasteiger partial charge in [-0.1, -0.05) is 12.1 Å². The van der Waals surface area contributed by atoms with Crippen LogP contribution < -0.4 is 11.5 Å². The molecule has 0 spiro atoms. The van der Waals surface area contributed by atoms with Gasteiger partial charge in [0.2, 0.25) is 0 Å². The minimum atomic E-state index is -0.481. The van der Waals surface area contributed by atoms with Crippen LogP contribution >= 0.6 is 23.1 Å². The maximum atomic E-state index is 11.1. The first-order chi connectivity index (χ1) is 8.11. The summed E-state index contributed by atoms with van der Waals surface area (Å²) >= 11 is 3.07. The molecule has 0 saturated carbocycles. The number of thioether (sulfide) groups is 1. The third-order valence-electron chi connectivity index (χ3n) is 2.40. The highest BCUT2D eigenvalue weighted by Crippen LogP contribution is 2.33. The second-order valence-electron chi connectivity index (χ2n) is 3.48. The molecule has 0 aliphatic heterocycles. The summed E-state index contributed by atoms with van der Waals surface area (Å²) in [4.78, 5) is 13.3. The van der Waals surface area contributed by atoms with Crippen LogP contribution in [-0.4, -0.2) is 12.2 Å². The number of hydrogen-bond acceptors (Lipinski definition) is 4. The average Bonchev–Trinajstić information content (AvgIpc) is 2.71. The average molecular weight is 264 g/mol. The SMILES string of the molecule is CSc1ccc(-c2cc(C(N)=O)c(N)s2)cc1. The van der Waals surface area contributed by atoms with Gasteiger partial charge < -0.3 is 11.5 Å². The highest BCUT2D eigenvalue weighted by molar-refractivity contribution is 7.98. The number of thiophene rings is 1. The number of benzene rings is 1. The number of rotatable bonds is 3. The fourth-order valence-electron chi connectivity index (χ4n) is 1.50. The smallest absolute Gasteiger partial charge is 0.251 e. The molecule has 88 valence electrons. The van der Waals surface area contributed by atoms with Crippen LogP contribution in [0.5, 0.6) is 0 Å². The van der Waals surface area contributed by atoms with Crippen molar-refractivity contribution in [2.45, 2.75) is 4.90 Å². The summed E-state index contributed by atoms with van der Waals surface area (Å²) < 4.78 is 0. The van der Waals surface area contributed by atoms with E-state index in [1.165, 1.54) is 16.2 Å². The van der Waals surface area contributed by atoms with Crippen LogP contribution in [0, 0.1) is 0 Å². The molecule has 2 rings (SSSR count). The summed E-state index contributed by atoms with van der Waals surface area (Å²) in [7, 11) is 0. The fraction of sp³-hybridized carbons (Fsp3) is 0.0833. The molecule has 5 heteroatoms. The van der Waals surface area contributed by atoms with Crippen molar-refractivity contribution in [3.63, 3.8) is 0 Å². The van der Waals surface area contributed by atoms with Crippen LogP contribution in [0.15, 0.2) is 35.2 Å². The Bertz CT molecular complexity index is 546. The molecule has 0 aliphatic rings. The Morgan fingerprint density at radius 1 is 1.29 bits per heavy atom. The van der Waals surface area contributed by atoms with Crippen LogP contribution in [0.1, 0.15) is 10.4 Å². The van der Waals surface area contributed by atoms with E-state index in [0.29, 0.717) is 10.6 Å². The zero-order valence-electron chi connectivity index (χ0n) is 9.27. The van der Waals surface area contributed by atoms with Gasteiger partial charge in [0.25, 0.3) is 5.91 Å². The van der Waals surface area contributed by atoms with Crippen LogP contribution in [-0.2, 0) is 0 Å². The Morgan fingerprint density at radius 3 is 2.41 bits per heavy atom. The summed E-state index contributed by atoms with van der Waals surface area (Å²) in [5.41, 5.74) is 12.4. The van der Waals surface area contributed by atoms with E-state index in [1.807, 2.05) is 30.5 Å². The van der Waals surface area contributed by atoms with Crippen LogP contribution in [0.3, 0.4) is 0 Å². The van der Waals surface area contributed by atoms with Crippen molar-refractivity contribution >= 4 is 34.0 Å². The molecule has 1 aromatic heterocycles. The molecule has 1 amide bonds. The van der Waals surface area contributed by atoms with Gasteiger partial charge in [0.15, 0.2) is 0 Å². The number of nitrogens with two attached hydrogens (primary N) is 2. The minimum absolute atomic E-state index is 0.402. The summed E-state index contributed by atoms with van der Waals surface area (Å²) in [6.45, 7) is 0. The molecule has 17 heavy (non-hydrogen) atoms. The molecule has 0 saturated heterocycles. The van der Waals surface area contributed by atoms with Gasteiger partial charge in [-0.25, -0.2) is 0 Å². The zero-order valence-corrected chi connectivity index (χ0v) is 10.9. The van der Waals surface area contributed by atoms with Gasteiger partial charge in [-0.15, -0.1) is 23.1 Å². The fourth-order valence-corrected chi connectivity index (χ4v) is 2.84. The van der Waals surface area contributed by atoms with Crippen molar-refractivity contribution in [3.8, 4) is 10.4 Å². The quantitative estimate of drug-likeness (QED) is 0.837. The van der Waals surface area contributed by atoms with Crippen molar-refractivity contribution in [1.29, 1.82) is 0 Å². The second-order valence-corrected chi connectivity index (χ2v) is 5.44. The standard InChI is InChI=1S/C12H12N2OS2/c1-16-8-4-2-7(3-5-8)10-6-9(11(13)15)12(14)17-10/h2-6H,14H2,1H3,(H2,13,15). The zero-order chi connectivity index (χ0) is 12.4. The van der Waals surface area contributed by atoms with Crippen molar-refractivity contribution in [1.82, 2.24) is 0 Å². The number of carbonyl (C=O) groups excluding carboxylic acids is 1. The first-order valence-electron chi connectivity index (χ1n) is 4.95. The topological polar surface area (TPSA) is 69.1 Å². The van der Waals surface area contributed by atoms with Gasteiger partial charge in [0, 0.05) is 9.77 Å². The Labute approximate surface area is 108 Å². The Balaban J connectivity index is 2.39. The van der Waals surface area contributed by atoms with E-state index in [2.05, 4.69) is 0 Å². The monoisotopic (exact) mass is 264 g/mol. The number of amides is 1. The van der Waals surface area contributed by atoms with Crippen molar-refractivity contribution in [2.24, 2.45) is 5.73 Å². The minimum Gasteiger partial charge on any atom is -0.390 e. The Morgan fingerprint density at radius 2 is 1.94 bits per heavy atom. The third-order valence-corrected chi connectivity index (χ3v) is 4.16. The molecule has 2 aromatic rings. The molecule has 0 bridgehead atoms. The lowest BCUT2D eigenvalue weighted by Gasteiger charge is -1.98. The lowest BCUT2D eigenvalue weighted by Crippen LogP contribution is -2.11. The van der Waals surface area contributed by atoms with Crippen molar-refractivity contribution in [3.05, 3.63) is 35.9 Å². The molecule has 1 heterocycles. The predicted octanol–water partition coefficient (Wildman–Crippen LogP) is 2.82. The molecule has 0 fully saturated rings. The van der Waals surface area contributed by atoms with E-state index in [9.17, 15) is 4.79 Å². The lowest BCUT2D eigenvalue weighted by molar-refractivity contribution is 0.100. The van der Waals surface area contributed by atoms with Crippen LogP contribution in [0.2, 0.25) is 0 Å². The summed E-state index contributed by atoms with van der Waals surface area (Å²) in [5.74, 6) is -0.481. The van der Waals surface area contributed by atoms with Crippen LogP contribution in [0.25, 0.3) is 10.4 Å². The summed E-state index contributed by atoms with van der Waals surface area (Å²) in [6.07, 6.45) is 2.03. The number of nitrogen functional groups attached to an aromatic ring is 1. The molecular formula is C12H12N2OS2. The van der Waals surface area contributed by atoms with E-state index < -0.39 is 5.91 Å². The third kappa shape index (κ3) is 2.45. The van der Waals surface area contributed by atoms with Gasteiger partial charge in [-0.05, 0) is 30.0 Å². The maximum Gasteiger partial charge on any atom is 0.251 e. The van der Waals surface area contributed by atoms with E-state index >= 15 is 0 Å². The predicted molar refractivity (Wildman–Crippen MR) is 74.5 cm³/mol. The number of anilines is 1. The first kappa shape index (κ1) is 12.0. The molecular weight excluding hydrogens is 252 g/mol. The number of carbonyl (C=O) groups is 1. The molecule has 0 radical (unpaired) electrons. The van der Waals surface area contributed by atoms with Crippen molar-refractivity contribution in [2.75, 3.05) is 12.0 Å². The number of hydrogen-bond donors (Lipinski definition) is 2. The lowest BCUT2D eigenvalue weighted by atomic mass is 10.1. The van der Waals surface area contributed by atoms with E-state index in [0.717, 1.165) is 10.4 Å². The summed E-state index contributed by atoms with van der Waals surface area (Å²) in [6, 6.07) is 9.86. The van der Waals surface area contributed by atoms with Gasteiger partial charge in [0.05, 0.1) is 10.6 Å². The molecule has 0 aliphatic carbocycles. The van der Waals surface area contributed by atoms with E-state index in [1.54, 1.807) is 17.8 Å². The Kier molecular flexibility index (Phi) is 3.40. The van der Waals surface area contributed by atoms with Gasteiger partial charge in [0.1, 0.15) is 0 Å². The molecule has 1 aromatic carbocycles. The maximum absolute atomic E-state index is 11.1. The summed E-state index contributed by atoms with van der Waals surface area (Å²) in [5, 5.41) is 0.474. The van der Waals surface area contributed by atoms with E-state index in [4.69, 9.17) is 11.5 Å². The molecule has 3 nitrogen and oxygen atoms in total. The molecule has 0 unspecified atom stereocenters. The van der Waals surface area contributed by atoms with Gasteiger partial charge in [-0.2, -0.15) is 0 Å². The number of primary amides is 1. The first-order valence-corrected chi connectivity index (χ1v) is 6.99. The molecule has 4 N–H and O–H groups in total. The highest BCUT2D eigenvalue weighted by atomic mass is 32.2. The normalized spacial score (nSPS) is 10.4. The van der Waals surface area contributed by atoms with Crippen LogP contribution in [0.4, 0.5) is 5.00 Å². The Hall–Kier alpha value is -1.46. The van der Waals surface area contributed by atoms with Gasteiger partial charge in [-0.3, -0.25) is 4.79 Å². The van der Waals surface area contributed by atoms with Crippen molar-refractivity contribution < 1.29 is 4.79 Å².